The maximum Gasteiger partial charge on any atom is 0.296 e. The largest absolute Gasteiger partial charge is 0.296 e. The molecule has 0 aliphatic carbocycles. The Hall–Kier alpha value is -2.10. The van der Waals surface area contributed by atoms with Gasteiger partial charge in [-0.3, -0.25) is 4.79 Å². The number of benzene rings is 1. The molecule has 0 atom stereocenters. The molecule has 3 rings (SSSR count). The molecule has 4 heteroatoms. The van der Waals surface area contributed by atoms with Crippen molar-refractivity contribution in [3.63, 3.8) is 0 Å². The van der Waals surface area contributed by atoms with Gasteiger partial charge in [0.05, 0.1) is 5.69 Å². The molecule has 0 saturated heterocycles. The first-order valence-corrected chi connectivity index (χ1v) is 4.43. The summed E-state index contributed by atoms with van der Waals surface area (Å²) in [5, 5.41) is 0. The lowest BCUT2D eigenvalue weighted by molar-refractivity contribution is -0.111. The molecule has 1 aromatic rings. The van der Waals surface area contributed by atoms with Gasteiger partial charge < -0.3 is 0 Å². The Morgan fingerprint density at radius 3 is 3.00 bits per heavy atom. The molecule has 2 aliphatic heterocycles. The lowest BCUT2D eigenvalue weighted by Gasteiger charge is -2.03. The second kappa shape index (κ2) is 2.70. The number of rotatable bonds is 0. The SMILES string of the molecule is O=C1N=CC=C2C1=Nc1ccc(F)cc12. The normalized spacial score (nSPS) is 17.0. The van der Waals surface area contributed by atoms with E-state index in [2.05, 4.69) is 9.98 Å². The van der Waals surface area contributed by atoms with Crippen LogP contribution >= 0.6 is 0 Å². The van der Waals surface area contributed by atoms with E-state index in [9.17, 15) is 9.18 Å². The van der Waals surface area contributed by atoms with Crippen molar-refractivity contribution in [2.24, 2.45) is 9.98 Å². The van der Waals surface area contributed by atoms with Crippen molar-refractivity contribution in [3.8, 4) is 0 Å². The number of carbonyl (C=O) groups is 1. The van der Waals surface area contributed by atoms with Gasteiger partial charge in [-0.05, 0) is 24.3 Å². The number of hydrogen-bond donors (Lipinski definition) is 0. The molecule has 0 spiro atoms. The first kappa shape index (κ1) is 8.23. The molecular formula is C11H5FN2O. The van der Waals surface area contributed by atoms with E-state index < -0.39 is 0 Å². The second-order valence-electron chi connectivity index (χ2n) is 3.29. The van der Waals surface area contributed by atoms with E-state index >= 15 is 0 Å². The van der Waals surface area contributed by atoms with Gasteiger partial charge in [-0.15, -0.1) is 0 Å². The summed E-state index contributed by atoms with van der Waals surface area (Å²) in [6, 6.07) is 4.26. The molecule has 1 amide bonds. The van der Waals surface area contributed by atoms with Crippen molar-refractivity contribution in [1.82, 2.24) is 0 Å². The third-order valence-electron chi connectivity index (χ3n) is 2.37. The van der Waals surface area contributed by atoms with Gasteiger partial charge in [-0.25, -0.2) is 14.4 Å². The Kier molecular flexibility index (Phi) is 1.48. The van der Waals surface area contributed by atoms with Crippen LogP contribution in [0, 0.1) is 5.82 Å². The van der Waals surface area contributed by atoms with E-state index in [1.807, 2.05) is 0 Å². The Morgan fingerprint density at radius 2 is 2.13 bits per heavy atom. The fourth-order valence-corrected chi connectivity index (χ4v) is 1.70. The monoisotopic (exact) mass is 200 g/mol. The van der Waals surface area contributed by atoms with Crippen LogP contribution in [-0.4, -0.2) is 17.8 Å². The Labute approximate surface area is 84.7 Å². The fourth-order valence-electron chi connectivity index (χ4n) is 1.70. The summed E-state index contributed by atoms with van der Waals surface area (Å²) < 4.78 is 13.0. The van der Waals surface area contributed by atoms with Crippen LogP contribution in [0.2, 0.25) is 0 Å². The molecule has 72 valence electrons. The van der Waals surface area contributed by atoms with Crippen LogP contribution in [-0.2, 0) is 4.79 Å². The van der Waals surface area contributed by atoms with Gasteiger partial charge in [0.1, 0.15) is 11.5 Å². The molecular weight excluding hydrogens is 195 g/mol. The Bertz CT molecular complexity index is 570. The van der Waals surface area contributed by atoms with Gasteiger partial charge >= 0.3 is 0 Å². The number of amides is 1. The summed E-state index contributed by atoms with van der Waals surface area (Å²) >= 11 is 0. The van der Waals surface area contributed by atoms with E-state index in [1.165, 1.54) is 18.3 Å². The zero-order chi connectivity index (χ0) is 10.4. The molecule has 0 bridgehead atoms. The molecule has 1 aromatic carbocycles. The zero-order valence-electron chi connectivity index (χ0n) is 7.57. The van der Waals surface area contributed by atoms with E-state index in [4.69, 9.17) is 0 Å². The van der Waals surface area contributed by atoms with Gasteiger partial charge in [-0.2, -0.15) is 0 Å². The van der Waals surface area contributed by atoms with Crippen molar-refractivity contribution < 1.29 is 9.18 Å². The molecule has 0 radical (unpaired) electrons. The highest BCUT2D eigenvalue weighted by molar-refractivity contribution is 6.60. The van der Waals surface area contributed by atoms with E-state index in [0.717, 1.165) is 0 Å². The number of fused-ring (bicyclic) bond motifs is 3. The average Bonchev–Trinajstić information content (AvgIpc) is 2.58. The molecule has 0 unspecified atom stereocenters. The van der Waals surface area contributed by atoms with Crippen LogP contribution in [0.5, 0.6) is 0 Å². The first-order valence-electron chi connectivity index (χ1n) is 4.43. The number of nitrogens with zero attached hydrogens (tertiary/aromatic N) is 2. The van der Waals surface area contributed by atoms with Gasteiger partial charge in [0.15, 0.2) is 0 Å². The highest BCUT2D eigenvalue weighted by atomic mass is 19.1. The number of allylic oxidation sites excluding steroid dienone is 1. The van der Waals surface area contributed by atoms with Crippen molar-refractivity contribution in [1.29, 1.82) is 0 Å². The Morgan fingerprint density at radius 1 is 1.27 bits per heavy atom. The topological polar surface area (TPSA) is 41.8 Å². The zero-order valence-corrected chi connectivity index (χ0v) is 7.57. The predicted molar refractivity (Wildman–Crippen MR) is 55.0 cm³/mol. The molecule has 15 heavy (non-hydrogen) atoms. The molecule has 3 nitrogen and oxygen atoms in total. The van der Waals surface area contributed by atoms with Crippen LogP contribution in [0.3, 0.4) is 0 Å². The molecule has 0 saturated carbocycles. The minimum atomic E-state index is -0.371. The standard InChI is InChI=1S/C11H5FN2O/c12-6-1-2-9-8(5-6)7-3-4-13-11(15)10(7)14-9/h1-5H. The third kappa shape index (κ3) is 1.08. The summed E-state index contributed by atoms with van der Waals surface area (Å²) in [6.07, 6.45) is 3.09. The fraction of sp³-hybridized carbons (Fsp3) is 0. The first-order chi connectivity index (χ1) is 7.25. The molecule has 2 heterocycles. The predicted octanol–water partition coefficient (Wildman–Crippen LogP) is 1.91. The van der Waals surface area contributed by atoms with Crippen molar-refractivity contribution in [2.75, 3.05) is 0 Å². The van der Waals surface area contributed by atoms with Gasteiger partial charge in [-0.1, -0.05) is 0 Å². The lowest BCUT2D eigenvalue weighted by atomic mass is 10.0. The molecule has 0 fully saturated rings. The number of carbonyl (C=O) groups excluding carboxylic acids is 1. The van der Waals surface area contributed by atoms with Crippen LogP contribution in [0.15, 0.2) is 34.3 Å². The summed E-state index contributed by atoms with van der Waals surface area (Å²) in [5.41, 5.74) is 2.24. The van der Waals surface area contributed by atoms with Crippen LogP contribution in [0.4, 0.5) is 10.1 Å². The van der Waals surface area contributed by atoms with E-state index in [-0.39, 0.29) is 11.7 Å². The van der Waals surface area contributed by atoms with Gasteiger partial charge in [0, 0.05) is 17.4 Å². The molecule has 0 aromatic heterocycles. The third-order valence-corrected chi connectivity index (χ3v) is 2.37. The number of halogens is 1. The number of hydrogen-bond acceptors (Lipinski definition) is 2. The lowest BCUT2D eigenvalue weighted by Crippen LogP contribution is -2.13. The highest BCUT2D eigenvalue weighted by Gasteiger charge is 2.27. The number of aliphatic imine (C=N–C) groups is 2. The minimum Gasteiger partial charge on any atom is -0.265 e. The van der Waals surface area contributed by atoms with Gasteiger partial charge in [0.2, 0.25) is 0 Å². The Balaban J connectivity index is 2.27. The van der Waals surface area contributed by atoms with Crippen molar-refractivity contribution in [3.05, 3.63) is 35.7 Å². The van der Waals surface area contributed by atoms with Crippen molar-refractivity contribution >= 4 is 29.1 Å². The summed E-state index contributed by atoms with van der Waals surface area (Å²) in [4.78, 5) is 19.1. The smallest absolute Gasteiger partial charge is 0.265 e. The summed E-state index contributed by atoms with van der Waals surface area (Å²) in [6.45, 7) is 0. The molecule has 0 N–H and O–H groups in total. The minimum absolute atomic E-state index is 0.304. The van der Waals surface area contributed by atoms with Crippen LogP contribution in [0.1, 0.15) is 5.56 Å². The summed E-state index contributed by atoms with van der Waals surface area (Å²) in [5.74, 6) is -0.704. The number of dihydropyridines is 1. The van der Waals surface area contributed by atoms with Gasteiger partial charge in [0.25, 0.3) is 5.91 Å². The van der Waals surface area contributed by atoms with E-state index in [0.29, 0.717) is 22.5 Å². The van der Waals surface area contributed by atoms with Crippen LogP contribution in [0.25, 0.3) is 5.57 Å². The maximum atomic E-state index is 13.0. The second-order valence-corrected chi connectivity index (χ2v) is 3.29. The maximum absolute atomic E-state index is 13.0. The van der Waals surface area contributed by atoms with Crippen LogP contribution < -0.4 is 0 Å². The average molecular weight is 200 g/mol. The highest BCUT2D eigenvalue weighted by Crippen LogP contribution is 2.36. The van der Waals surface area contributed by atoms with E-state index in [1.54, 1.807) is 12.1 Å². The summed E-state index contributed by atoms with van der Waals surface area (Å²) in [7, 11) is 0. The molecule has 2 aliphatic rings. The van der Waals surface area contributed by atoms with Crippen molar-refractivity contribution in [2.45, 2.75) is 0 Å². The quantitative estimate of drug-likeness (QED) is 0.630.